The van der Waals surface area contributed by atoms with Crippen molar-refractivity contribution in [1.82, 2.24) is 0 Å². The van der Waals surface area contributed by atoms with Crippen molar-refractivity contribution >= 4 is 27.5 Å². The second kappa shape index (κ2) is 2.51. The highest BCUT2D eigenvalue weighted by Crippen LogP contribution is 2.14. The smallest absolute Gasteiger partial charge is 0.0638 e. The summed E-state index contributed by atoms with van der Waals surface area (Å²) in [4.78, 5) is 0. The Hall–Kier alpha value is -0.0100. The van der Waals surface area contributed by atoms with Crippen LogP contribution in [-0.2, 0) is 0 Å². The van der Waals surface area contributed by atoms with Crippen molar-refractivity contribution in [3.05, 3.63) is 33.7 Å². The molecule has 0 spiro atoms. The standard InChI is InChI=1S/C6H4BrCl/c7-5-2-1-3-6(8)4-5/h1-4H/i3D. The molecule has 0 aliphatic carbocycles. The fourth-order valence-electron chi connectivity index (χ4n) is 0.412. The van der Waals surface area contributed by atoms with E-state index in [1.807, 2.05) is 0 Å². The highest BCUT2D eigenvalue weighted by Gasteiger charge is 1.84. The molecule has 0 unspecified atom stereocenters. The second-order valence-electron chi connectivity index (χ2n) is 1.35. The summed E-state index contributed by atoms with van der Waals surface area (Å²) in [5, 5.41) is 0.476. The van der Waals surface area contributed by atoms with Crippen LogP contribution in [0, 0.1) is 0 Å². The van der Waals surface area contributed by atoms with E-state index in [0.29, 0.717) is 11.1 Å². The molecule has 1 aromatic rings. The van der Waals surface area contributed by atoms with Gasteiger partial charge in [-0.1, -0.05) is 33.6 Å². The van der Waals surface area contributed by atoms with E-state index in [9.17, 15) is 0 Å². The molecule has 0 radical (unpaired) electrons. The van der Waals surface area contributed by atoms with Gasteiger partial charge in [-0.05, 0) is 18.2 Å². The maximum atomic E-state index is 7.16. The van der Waals surface area contributed by atoms with E-state index >= 15 is 0 Å². The van der Waals surface area contributed by atoms with Crippen LogP contribution in [-0.4, -0.2) is 0 Å². The Kier molecular flexibility index (Phi) is 1.52. The summed E-state index contributed by atoms with van der Waals surface area (Å²) in [6, 6.07) is 5.49. The maximum Gasteiger partial charge on any atom is 0.0638 e. The largest absolute Gasteiger partial charge is 0.0843 e. The summed E-state index contributed by atoms with van der Waals surface area (Å²) in [5.74, 6) is 0. The minimum Gasteiger partial charge on any atom is -0.0843 e. The SMILES string of the molecule is [2H]c1ccc(Br)cc1Cl. The maximum absolute atomic E-state index is 7.16. The second-order valence-corrected chi connectivity index (χ2v) is 2.68. The van der Waals surface area contributed by atoms with Crippen molar-refractivity contribution in [2.45, 2.75) is 0 Å². The van der Waals surface area contributed by atoms with Crippen LogP contribution in [0.4, 0.5) is 0 Å². The fourth-order valence-corrected chi connectivity index (χ4v) is 1.09. The highest BCUT2D eigenvalue weighted by molar-refractivity contribution is 9.10. The summed E-state index contributed by atoms with van der Waals surface area (Å²) >= 11 is 8.82. The van der Waals surface area contributed by atoms with E-state index in [1.165, 1.54) is 0 Å². The van der Waals surface area contributed by atoms with Gasteiger partial charge >= 0.3 is 0 Å². The quantitative estimate of drug-likeness (QED) is 0.592. The molecule has 0 amide bonds. The van der Waals surface area contributed by atoms with Gasteiger partial charge in [-0.3, -0.25) is 0 Å². The number of hydrogen-bond acceptors (Lipinski definition) is 0. The van der Waals surface area contributed by atoms with Gasteiger partial charge in [0.1, 0.15) is 0 Å². The first-order valence-corrected chi connectivity index (χ1v) is 3.29. The van der Waals surface area contributed by atoms with Crippen LogP contribution in [0.3, 0.4) is 0 Å². The molecule has 0 bridgehead atoms. The summed E-state index contributed by atoms with van der Waals surface area (Å²) in [6.45, 7) is 0. The lowest BCUT2D eigenvalue weighted by molar-refractivity contribution is 1.65. The highest BCUT2D eigenvalue weighted by atomic mass is 79.9. The topological polar surface area (TPSA) is 0 Å². The van der Waals surface area contributed by atoms with Gasteiger partial charge < -0.3 is 0 Å². The van der Waals surface area contributed by atoms with Gasteiger partial charge in [0.2, 0.25) is 0 Å². The average Bonchev–Trinajstić information content (AvgIpc) is 1.80. The molecule has 0 fully saturated rings. The molecule has 8 heavy (non-hydrogen) atoms. The predicted molar refractivity (Wildman–Crippen MR) is 39.2 cm³/mol. The Morgan fingerprint density at radius 2 is 2.50 bits per heavy atom. The van der Waals surface area contributed by atoms with E-state index in [2.05, 4.69) is 15.9 Å². The fraction of sp³-hybridized carbons (Fsp3) is 0. The molecule has 42 valence electrons. The van der Waals surface area contributed by atoms with Gasteiger partial charge in [0, 0.05) is 9.50 Å². The van der Waals surface area contributed by atoms with Crippen molar-refractivity contribution in [2.75, 3.05) is 0 Å². The molecule has 0 N–H and O–H groups in total. The molecule has 0 atom stereocenters. The predicted octanol–water partition coefficient (Wildman–Crippen LogP) is 3.10. The van der Waals surface area contributed by atoms with Crippen LogP contribution in [0.5, 0.6) is 0 Å². The Balaban J connectivity index is 3.17. The van der Waals surface area contributed by atoms with Crippen LogP contribution in [0.15, 0.2) is 28.7 Å². The Labute approximate surface area is 63.0 Å². The van der Waals surface area contributed by atoms with E-state index in [4.69, 9.17) is 13.0 Å². The minimum atomic E-state index is 0.361. The van der Waals surface area contributed by atoms with E-state index < -0.39 is 0 Å². The van der Waals surface area contributed by atoms with E-state index in [1.54, 1.807) is 18.2 Å². The Bertz CT molecular complexity index is 224. The molecular formula is C6H4BrCl. The molecule has 0 heterocycles. The number of rotatable bonds is 0. The molecule has 0 nitrogen and oxygen atoms in total. The van der Waals surface area contributed by atoms with Crippen molar-refractivity contribution in [3.63, 3.8) is 0 Å². The third-order valence-corrected chi connectivity index (χ3v) is 1.44. The molecule has 1 aromatic carbocycles. The van der Waals surface area contributed by atoms with Gasteiger partial charge in [0.05, 0.1) is 1.37 Å². The lowest BCUT2D eigenvalue weighted by Crippen LogP contribution is -1.61. The van der Waals surface area contributed by atoms with Crippen LogP contribution in [0.25, 0.3) is 0 Å². The molecule has 1 rings (SSSR count). The summed E-state index contributed by atoms with van der Waals surface area (Å²) in [5.41, 5.74) is 0. The van der Waals surface area contributed by atoms with Crippen LogP contribution in [0.2, 0.25) is 5.02 Å². The van der Waals surface area contributed by atoms with E-state index in [-0.39, 0.29) is 0 Å². The van der Waals surface area contributed by atoms with E-state index in [0.717, 1.165) is 4.47 Å². The first kappa shape index (κ1) is 4.83. The first-order valence-electron chi connectivity index (χ1n) is 2.62. The lowest BCUT2D eigenvalue weighted by Gasteiger charge is -1.87. The molecule has 0 aliphatic heterocycles. The summed E-state index contributed by atoms with van der Waals surface area (Å²) in [7, 11) is 0. The number of halogens is 2. The van der Waals surface area contributed by atoms with Crippen LogP contribution < -0.4 is 0 Å². The summed E-state index contributed by atoms with van der Waals surface area (Å²) in [6.07, 6.45) is 0. The van der Waals surface area contributed by atoms with Gasteiger partial charge in [-0.2, -0.15) is 0 Å². The monoisotopic (exact) mass is 191 g/mol. The van der Waals surface area contributed by atoms with Gasteiger partial charge in [-0.15, -0.1) is 0 Å². The zero-order valence-corrected chi connectivity index (χ0v) is 6.33. The van der Waals surface area contributed by atoms with Gasteiger partial charge in [-0.25, -0.2) is 0 Å². The lowest BCUT2D eigenvalue weighted by atomic mass is 10.4. The normalized spacial score (nSPS) is 11.0. The molecule has 0 aromatic heterocycles. The van der Waals surface area contributed by atoms with Crippen molar-refractivity contribution in [3.8, 4) is 0 Å². The molecule has 0 saturated heterocycles. The molecule has 2 heteroatoms. The van der Waals surface area contributed by atoms with Crippen molar-refractivity contribution in [1.29, 1.82) is 0 Å². The van der Waals surface area contributed by atoms with Crippen molar-refractivity contribution < 1.29 is 1.37 Å². The number of hydrogen-bond donors (Lipinski definition) is 0. The summed E-state index contributed by atoms with van der Waals surface area (Å²) < 4.78 is 8.07. The third-order valence-electron chi connectivity index (χ3n) is 0.728. The van der Waals surface area contributed by atoms with Crippen LogP contribution in [0.1, 0.15) is 1.37 Å². The van der Waals surface area contributed by atoms with Gasteiger partial charge in [0.15, 0.2) is 0 Å². The molecule has 0 aliphatic rings. The minimum absolute atomic E-state index is 0.361. The van der Waals surface area contributed by atoms with Gasteiger partial charge in [0.25, 0.3) is 0 Å². The first-order chi connectivity index (χ1) is 4.20. The molecule has 0 saturated carbocycles. The number of benzene rings is 1. The third kappa shape index (κ3) is 1.49. The zero-order chi connectivity index (χ0) is 6.85. The van der Waals surface area contributed by atoms with Crippen LogP contribution >= 0.6 is 27.5 Å². The molecular weight excluding hydrogens is 187 g/mol. The Morgan fingerprint density at radius 1 is 1.75 bits per heavy atom. The zero-order valence-electron chi connectivity index (χ0n) is 4.99. The average molecular weight is 192 g/mol. The Morgan fingerprint density at radius 3 is 3.00 bits per heavy atom. The van der Waals surface area contributed by atoms with Crippen molar-refractivity contribution in [2.24, 2.45) is 0 Å².